The first kappa shape index (κ1) is 28.5. The van der Waals surface area contributed by atoms with E-state index in [1.807, 2.05) is 80.6 Å². The lowest BCUT2D eigenvalue weighted by Crippen LogP contribution is -2.51. The SMILES string of the molecule is CC(C)CNC(=O)[C@H](Cc1ccccc1)N(Cc1ccc(Cl)c(Cl)c1)C(=O)CCCOc1ccccc1. The minimum atomic E-state index is -0.682. The number of amides is 2. The Morgan fingerprint density at radius 3 is 2.22 bits per heavy atom. The molecular weight excluding hydrogens is 507 g/mol. The molecule has 0 heterocycles. The standard InChI is InChI=1S/C30H34Cl2N2O3/c1-22(2)20-33-30(36)28(19-23-10-5-3-6-11-23)34(21-24-15-16-26(31)27(32)18-24)29(35)14-9-17-37-25-12-7-4-8-13-25/h3-8,10-13,15-16,18,22,28H,9,14,17,19-21H2,1-2H3,(H,33,36)/t28-/m0/s1. The second-order valence-corrected chi connectivity index (χ2v) is 10.2. The van der Waals surface area contributed by atoms with E-state index in [4.69, 9.17) is 27.9 Å². The summed E-state index contributed by atoms with van der Waals surface area (Å²) in [6.45, 7) is 5.25. The molecule has 0 radical (unpaired) electrons. The van der Waals surface area contributed by atoms with Gasteiger partial charge in [-0.3, -0.25) is 9.59 Å². The molecule has 0 aromatic heterocycles. The van der Waals surface area contributed by atoms with Crippen molar-refractivity contribution in [2.24, 2.45) is 5.92 Å². The fourth-order valence-corrected chi connectivity index (χ4v) is 4.21. The number of carbonyl (C=O) groups is 2. The van der Waals surface area contributed by atoms with Gasteiger partial charge in [0.15, 0.2) is 0 Å². The summed E-state index contributed by atoms with van der Waals surface area (Å²) < 4.78 is 5.77. The zero-order valence-corrected chi connectivity index (χ0v) is 22.8. The van der Waals surface area contributed by atoms with Gasteiger partial charge in [0.2, 0.25) is 11.8 Å². The molecule has 0 fully saturated rings. The Labute approximate surface area is 229 Å². The zero-order valence-electron chi connectivity index (χ0n) is 21.3. The number of halogens is 2. The fourth-order valence-electron chi connectivity index (χ4n) is 3.88. The van der Waals surface area contributed by atoms with Crippen LogP contribution in [-0.4, -0.2) is 35.9 Å². The summed E-state index contributed by atoms with van der Waals surface area (Å²) in [5.41, 5.74) is 1.78. The van der Waals surface area contributed by atoms with Crippen molar-refractivity contribution in [1.82, 2.24) is 10.2 Å². The molecule has 37 heavy (non-hydrogen) atoms. The largest absolute Gasteiger partial charge is 0.494 e. The van der Waals surface area contributed by atoms with Crippen LogP contribution in [0.15, 0.2) is 78.9 Å². The molecule has 7 heteroatoms. The molecule has 0 aliphatic heterocycles. The van der Waals surface area contributed by atoms with Gasteiger partial charge < -0.3 is 15.0 Å². The Balaban J connectivity index is 1.81. The van der Waals surface area contributed by atoms with E-state index in [-0.39, 0.29) is 30.7 Å². The second-order valence-electron chi connectivity index (χ2n) is 9.38. The van der Waals surface area contributed by atoms with Crippen LogP contribution in [0.5, 0.6) is 5.75 Å². The van der Waals surface area contributed by atoms with Gasteiger partial charge in [0.05, 0.1) is 16.7 Å². The maximum atomic E-state index is 13.6. The average molecular weight is 542 g/mol. The third kappa shape index (κ3) is 9.42. The van der Waals surface area contributed by atoms with Crippen molar-refractivity contribution in [3.8, 4) is 5.75 Å². The van der Waals surface area contributed by atoms with Crippen LogP contribution < -0.4 is 10.1 Å². The summed E-state index contributed by atoms with van der Waals surface area (Å²) in [4.78, 5) is 28.7. The third-order valence-electron chi connectivity index (χ3n) is 5.84. The summed E-state index contributed by atoms with van der Waals surface area (Å²) >= 11 is 12.4. The Kier molecular flexibility index (Phi) is 11.3. The molecule has 0 saturated heterocycles. The van der Waals surface area contributed by atoms with Crippen molar-refractivity contribution in [1.29, 1.82) is 0 Å². The first-order chi connectivity index (χ1) is 17.8. The molecule has 2 amide bonds. The first-order valence-electron chi connectivity index (χ1n) is 12.6. The summed E-state index contributed by atoms with van der Waals surface area (Å²) in [6.07, 6.45) is 1.17. The van der Waals surface area contributed by atoms with Crippen LogP contribution in [0.1, 0.15) is 37.8 Å². The Hall–Kier alpha value is -3.02. The number of rotatable bonds is 13. The van der Waals surface area contributed by atoms with E-state index in [0.29, 0.717) is 36.0 Å². The Morgan fingerprint density at radius 1 is 0.892 bits per heavy atom. The predicted octanol–water partition coefficient (Wildman–Crippen LogP) is 6.56. The average Bonchev–Trinajstić information content (AvgIpc) is 2.90. The summed E-state index contributed by atoms with van der Waals surface area (Å²) in [5, 5.41) is 3.88. The van der Waals surface area contributed by atoms with Crippen molar-refractivity contribution in [2.75, 3.05) is 13.2 Å². The number of benzene rings is 3. The van der Waals surface area contributed by atoms with Crippen LogP contribution in [0.2, 0.25) is 10.0 Å². The van der Waals surface area contributed by atoms with Crippen molar-refractivity contribution in [3.05, 3.63) is 100 Å². The van der Waals surface area contributed by atoms with Gasteiger partial charge in [-0.2, -0.15) is 0 Å². The minimum absolute atomic E-state index is 0.122. The lowest BCUT2D eigenvalue weighted by Gasteiger charge is -2.32. The molecule has 0 saturated carbocycles. The number of ether oxygens (including phenoxy) is 1. The number of nitrogens with one attached hydrogen (secondary N) is 1. The molecular formula is C30H34Cl2N2O3. The highest BCUT2D eigenvalue weighted by Gasteiger charge is 2.30. The van der Waals surface area contributed by atoms with Gasteiger partial charge in [0.1, 0.15) is 11.8 Å². The molecule has 1 atom stereocenters. The molecule has 5 nitrogen and oxygen atoms in total. The van der Waals surface area contributed by atoms with Crippen LogP contribution in [0.4, 0.5) is 0 Å². The lowest BCUT2D eigenvalue weighted by atomic mass is 10.0. The van der Waals surface area contributed by atoms with E-state index in [0.717, 1.165) is 16.9 Å². The molecule has 196 valence electrons. The second kappa shape index (κ2) is 14.7. The number of para-hydroxylation sites is 1. The molecule has 1 N–H and O–H groups in total. The maximum absolute atomic E-state index is 13.6. The Bertz CT molecular complexity index is 1140. The van der Waals surface area contributed by atoms with E-state index >= 15 is 0 Å². The van der Waals surface area contributed by atoms with Crippen LogP contribution >= 0.6 is 23.2 Å². The van der Waals surface area contributed by atoms with Crippen molar-refractivity contribution >= 4 is 35.0 Å². The quantitative estimate of drug-likeness (QED) is 0.249. The lowest BCUT2D eigenvalue weighted by molar-refractivity contribution is -0.141. The van der Waals surface area contributed by atoms with E-state index < -0.39 is 6.04 Å². The third-order valence-corrected chi connectivity index (χ3v) is 6.58. The number of carbonyl (C=O) groups excluding carboxylic acids is 2. The number of nitrogens with zero attached hydrogens (tertiary/aromatic N) is 1. The molecule has 0 aliphatic rings. The zero-order chi connectivity index (χ0) is 26.6. The van der Waals surface area contributed by atoms with Crippen molar-refractivity contribution < 1.29 is 14.3 Å². The van der Waals surface area contributed by atoms with Crippen molar-refractivity contribution in [3.63, 3.8) is 0 Å². The van der Waals surface area contributed by atoms with Gasteiger partial charge in [-0.1, -0.05) is 91.6 Å². The molecule has 0 bridgehead atoms. The summed E-state index contributed by atoms with van der Waals surface area (Å²) in [5.74, 6) is 0.753. The maximum Gasteiger partial charge on any atom is 0.243 e. The molecule has 3 rings (SSSR count). The van der Waals surface area contributed by atoms with E-state index in [1.54, 1.807) is 17.0 Å². The fraction of sp³-hybridized carbons (Fsp3) is 0.333. The number of hydrogen-bond donors (Lipinski definition) is 1. The molecule has 0 unspecified atom stereocenters. The van der Waals surface area contributed by atoms with Gasteiger partial charge in [-0.05, 0) is 47.7 Å². The highest BCUT2D eigenvalue weighted by molar-refractivity contribution is 6.42. The highest BCUT2D eigenvalue weighted by atomic mass is 35.5. The normalized spacial score (nSPS) is 11.7. The van der Waals surface area contributed by atoms with Crippen LogP contribution in [0.3, 0.4) is 0 Å². The van der Waals surface area contributed by atoms with Gasteiger partial charge in [0, 0.05) is 25.9 Å². The number of hydrogen-bond acceptors (Lipinski definition) is 3. The summed E-state index contributed by atoms with van der Waals surface area (Å²) in [7, 11) is 0. The minimum Gasteiger partial charge on any atom is -0.494 e. The van der Waals surface area contributed by atoms with Crippen LogP contribution in [0, 0.1) is 5.92 Å². The smallest absolute Gasteiger partial charge is 0.243 e. The first-order valence-corrected chi connectivity index (χ1v) is 13.3. The molecule has 0 spiro atoms. The van der Waals surface area contributed by atoms with E-state index in [1.165, 1.54) is 0 Å². The Morgan fingerprint density at radius 2 is 1.57 bits per heavy atom. The molecule has 0 aliphatic carbocycles. The molecule has 3 aromatic rings. The van der Waals surface area contributed by atoms with Crippen LogP contribution in [0.25, 0.3) is 0 Å². The van der Waals surface area contributed by atoms with Gasteiger partial charge in [-0.25, -0.2) is 0 Å². The monoisotopic (exact) mass is 540 g/mol. The van der Waals surface area contributed by atoms with Crippen molar-refractivity contribution in [2.45, 2.75) is 45.7 Å². The van der Waals surface area contributed by atoms with Gasteiger partial charge in [0.25, 0.3) is 0 Å². The van der Waals surface area contributed by atoms with Gasteiger partial charge >= 0.3 is 0 Å². The summed E-state index contributed by atoms with van der Waals surface area (Å²) in [6, 6.07) is 23.8. The van der Waals surface area contributed by atoms with Gasteiger partial charge in [-0.15, -0.1) is 0 Å². The topological polar surface area (TPSA) is 58.6 Å². The highest BCUT2D eigenvalue weighted by Crippen LogP contribution is 2.24. The van der Waals surface area contributed by atoms with E-state index in [2.05, 4.69) is 5.32 Å². The molecule has 3 aromatic carbocycles. The van der Waals surface area contributed by atoms with Crippen LogP contribution in [-0.2, 0) is 22.6 Å². The predicted molar refractivity (Wildman–Crippen MR) is 150 cm³/mol. The van der Waals surface area contributed by atoms with E-state index in [9.17, 15) is 9.59 Å².